The average Bonchev–Trinajstić information content (AvgIpc) is 3.92. The lowest BCUT2D eigenvalue weighted by Gasteiger charge is -2.13. The Morgan fingerprint density at radius 1 is 0.274 bits per heavy atom. The molecule has 4 aromatic heterocycles. The monoisotopic (exact) mass is 826 g/mol. The van der Waals surface area contributed by atoms with E-state index < -0.39 is 0 Å². The van der Waals surface area contributed by atoms with E-state index >= 15 is 0 Å². The van der Waals surface area contributed by atoms with Gasteiger partial charge >= 0.3 is 0 Å². The SMILES string of the molecule is c1ccc(-c2nc(-c3ccccc3-c3cccc(-c4ccc5c(c4)sc4c(-c6ccccc6)nc(-c6ccccc6-c6ccccc6)nc45)c3)c3sc4ccccc4c3n2)cc1. The predicted molar refractivity (Wildman–Crippen MR) is 261 cm³/mol. The molecule has 62 heavy (non-hydrogen) atoms. The third-order valence-corrected chi connectivity index (χ3v) is 13.9. The van der Waals surface area contributed by atoms with E-state index in [1.54, 1.807) is 22.7 Å². The molecular formula is C56H34N4S2. The second-order valence-corrected chi connectivity index (χ2v) is 17.4. The zero-order valence-electron chi connectivity index (χ0n) is 33.2. The van der Waals surface area contributed by atoms with Crippen LogP contribution in [0, 0.1) is 0 Å². The molecule has 0 N–H and O–H groups in total. The van der Waals surface area contributed by atoms with Gasteiger partial charge in [-0.2, -0.15) is 0 Å². The van der Waals surface area contributed by atoms with Gasteiger partial charge in [-0.3, -0.25) is 0 Å². The van der Waals surface area contributed by atoms with Gasteiger partial charge < -0.3 is 0 Å². The minimum absolute atomic E-state index is 0.721. The fourth-order valence-electron chi connectivity index (χ4n) is 8.58. The summed E-state index contributed by atoms with van der Waals surface area (Å²) in [5.41, 5.74) is 14.8. The van der Waals surface area contributed by atoms with Crippen molar-refractivity contribution in [2.45, 2.75) is 0 Å². The summed E-state index contributed by atoms with van der Waals surface area (Å²) in [7, 11) is 0. The second-order valence-electron chi connectivity index (χ2n) is 15.3. The zero-order chi connectivity index (χ0) is 41.0. The molecule has 0 radical (unpaired) electrons. The van der Waals surface area contributed by atoms with Gasteiger partial charge in [-0.25, -0.2) is 19.9 Å². The van der Waals surface area contributed by atoms with E-state index in [1.165, 1.54) is 9.40 Å². The van der Waals surface area contributed by atoms with Crippen LogP contribution in [0.2, 0.25) is 0 Å². The highest BCUT2D eigenvalue weighted by molar-refractivity contribution is 7.26. The van der Waals surface area contributed by atoms with Crippen molar-refractivity contribution in [1.82, 2.24) is 19.9 Å². The van der Waals surface area contributed by atoms with E-state index in [0.717, 1.165) is 110 Å². The van der Waals surface area contributed by atoms with Crippen molar-refractivity contribution in [2.24, 2.45) is 0 Å². The van der Waals surface area contributed by atoms with Gasteiger partial charge in [0.25, 0.3) is 0 Å². The Morgan fingerprint density at radius 3 is 1.53 bits per heavy atom. The maximum atomic E-state index is 5.35. The van der Waals surface area contributed by atoms with Gasteiger partial charge in [0.1, 0.15) is 0 Å². The molecule has 12 rings (SSSR count). The predicted octanol–water partition coefficient (Wildman–Crippen LogP) is 15.7. The van der Waals surface area contributed by atoms with Crippen LogP contribution in [0.4, 0.5) is 0 Å². The minimum Gasteiger partial charge on any atom is -0.226 e. The number of thiophene rings is 2. The molecule has 8 aromatic carbocycles. The van der Waals surface area contributed by atoms with E-state index in [2.05, 4.69) is 182 Å². The van der Waals surface area contributed by atoms with Crippen LogP contribution in [0.25, 0.3) is 119 Å². The summed E-state index contributed by atoms with van der Waals surface area (Å²) in [5, 5.41) is 2.28. The highest BCUT2D eigenvalue weighted by Crippen LogP contribution is 2.45. The number of hydrogen-bond acceptors (Lipinski definition) is 6. The Morgan fingerprint density at radius 2 is 0.774 bits per heavy atom. The van der Waals surface area contributed by atoms with Crippen molar-refractivity contribution in [1.29, 1.82) is 0 Å². The standard InChI is InChI=1S/C56H34N4S2/c1-4-17-35(18-5-1)41-25-11-13-28-44(41)56-57-49(36-19-6-2-7-20-36)53-52(60-56)46-32-31-39(34-48(46)62-53)38-23-16-24-40(33-38)42-26-10-12-27-43(42)50-54-51(45-29-14-15-30-47(45)61-54)59-55(58-50)37-21-8-3-9-22-37/h1-34H. The lowest BCUT2D eigenvalue weighted by Crippen LogP contribution is -1.95. The van der Waals surface area contributed by atoms with E-state index in [0.29, 0.717) is 0 Å². The van der Waals surface area contributed by atoms with Crippen LogP contribution in [-0.4, -0.2) is 19.9 Å². The molecule has 4 heterocycles. The Bertz CT molecular complexity index is 3630. The summed E-state index contributed by atoms with van der Waals surface area (Å²) in [6.07, 6.45) is 0. The van der Waals surface area contributed by atoms with Crippen LogP contribution in [0.15, 0.2) is 206 Å². The topological polar surface area (TPSA) is 51.6 Å². The Kier molecular flexibility index (Phi) is 8.84. The molecule has 0 unspecified atom stereocenters. The van der Waals surface area contributed by atoms with Gasteiger partial charge in [-0.05, 0) is 51.6 Å². The lowest BCUT2D eigenvalue weighted by atomic mass is 9.94. The molecule has 0 amide bonds. The molecule has 0 saturated carbocycles. The Balaban J connectivity index is 0.991. The van der Waals surface area contributed by atoms with Crippen LogP contribution in [0.3, 0.4) is 0 Å². The maximum Gasteiger partial charge on any atom is 0.161 e. The molecular weight excluding hydrogens is 793 g/mol. The van der Waals surface area contributed by atoms with Crippen molar-refractivity contribution < 1.29 is 0 Å². The first-order chi connectivity index (χ1) is 30.7. The van der Waals surface area contributed by atoms with Crippen LogP contribution >= 0.6 is 22.7 Å². The molecule has 6 heteroatoms. The van der Waals surface area contributed by atoms with Crippen molar-refractivity contribution in [2.75, 3.05) is 0 Å². The smallest absolute Gasteiger partial charge is 0.161 e. The molecule has 0 aliphatic heterocycles. The maximum absolute atomic E-state index is 5.35. The summed E-state index contributed by atoms with van der Waals surface area (Å²) in [5.74, 6) is 1.45. The molecule has 0 aliphatic rings. The van der Waals surface area contributed by atoms with Gasteiger partial charge in [0.05, 0.1) is 31.8 Å². The number of fused-ring (bicyclic) bond motifs is 6. The van der Waals surface area contributed by atoms with E-state index in [4.69, 9.17) is 19.9 Å². The lowest BCUT2D eigenvalue weighted by molar-refractivity contribution is 1.24. The average molecular weight is 827 g/mol. The molecule has 0 spiro atoms. The molecule has 0 bridgehead atoms. The van der Waals surface area contributed by atoms with Crippen molar-refractivity contribution in [3.63, 3.8) is 0 Å². The third-order valence-electron chi connectivity index (χ3n) is 11.6. The fourth-order valence-corrected chi connectivity index (χ4v) is 10.9. The van der Waals surface area contributed by atoms with Gasteiger partial charge in [0.2, 0.25) is 0 Å². The number of rotatable bonds is 7. The molecule has 0 saturated heterocycles. The fraction of sp³-hybridized carbons (Fsp3) is 0. The van der Waals surface area contributed by atoms with Crippen LogP contribution in [-0.2, 0) is 0 Å². The number of nitrogens with zero attached hydrogens (tertiary/aromatic N) is 4. The van der Waals surface area contributed by atoms with Gasteiger partial charge in [0.15, 0.2) is 11.6 Å². The highest BCUT2D eigenvalue weighted by Gasteiger charge is 2.21. The summed E-state index contributed by atoms with van der Waals surface area (Å²) < 4.78 is 4.55. The van der Waals surface area contributed by atoms with Gasteiger partial charge in [-0.15, -0.1) is 22.7 Å². The van der Waals surface area contributed by atoms with Crippen LogP contribution < -0.4 is 0 Å². The van der Waals surface area contributed by atoms with Gasteiger partial charge in [-0.1, -0.05) is 188 Å². The van der Waals surface area contributed by atoms with Crippen molar-refractivity contribution >= 4 is 63.3 Å². The summed E-state index contributed by atoms with van der Waals surface area (Å²) in [6, 6.07) is 72.6. The van der Waals surface area contributed by atoms with E-state index in [9.17, 15) is 0 Å². The quantitative estimate of drug-likeness (QED) is 0.161. The molecule has 290 valence electrons. The first-order valence-electron chi connectivity index (χ1n) is 20.6. The molecule has 0 aliphatic carbocycles. The molecule has 0 fully saturated rings. The molecule has 0 atom stereocenters. The number of benzene rings is 8. The summed E-state index contributed by atoms with van der Waals surface area (Å²) in [4.78, 5) is 21.2. The first-order valence-corrected chi connectivity index (χ1v) is 22.3. The van der Waals surface area contributed by atoms with Crippen molar-refractivity contribution in [3.8, 4) is 78.7 Å². The highest BCUT2D eigenvalue weighted by atomic mass is 32.1. The van der Waals surface area contributed by atoms with E-state index in [1.807, 2.05) is 24.3 Å². The zero-order valence-corrected chi connectivity index (χ0v) is 34.9. The minimum atomic E-state index is 0.721. The summed E-state index contributed by atoms with van der Waals surface area (Å²) >= 11 is 3.52. The number of hydrogen-bond donors (Lipinski definition) is 0. The second kappa shape index (κ2) is 15.1. The largest absolute Gasteiger partial charge is 0.226 e. The molecule has 12 aromatic rings. The third kappa shape index (κ3) is 6.28. The van der Waals surface area contributed by atoms with Crippen molar-refractivity contribution in [3.05, 3.63) is 206 Å². The normalized spacial score (nSPS) is 11.5. The Hall–Kier alpha value is -7.64. The van der Waals surface area contributed by atoms with Crippen LogP contribution in [0.1, 0.15) is 0 Å². The Labute approximate surface area is 366 Å². The van der Waals surface area contributed by atoms with Crippen LogP contribution in [0.5, 0.6) is 0 Å². The number of aromatic nitrogens is 4. The summed E-state index contributed by atoms with van der Waals surface area (Å²) in [6.45, 7) is 0. The van der Waals surface area contributed by atoms with E-state index in [-0.39, 0.29) is 0 Å². The van der Waals surface area contributed by atoms with Gasteiger partial charge in [0, 0.05) is 42.4 Å². The molecule has 4 nitrogen and oxygen atoms in total. The first kappa shape index (κ1) is 36.2.